The molecule has 0 atom stereocenters. The normalized spacial score (nSPS) is 10.2. The lowest BCUT2D eigenvalue weighted by Gasteiger charge is -1.98. The van der Waals surface area contributed by atoms with Crippen LogP contribution in [0.25, 0.3) is 5.95 Å². The molecule has 0 amide bonds. The topological polar surface area (TPSA) is 89.6 Å². The highest BCUT2D eigenvalue weighted by Crippen LogP contribution is 1.96. The van der Waals surface area contributed by atoms with Crippen molar-refractivity contribution < 1.29 is 0 Å². The molecule has 2 aromatic heterocycles. The number of hydrogen-bond donors (Lipinski definition) is 2. The lowest BCUT2D eigenvalue weighted by Crippen LogP contribution is -2.22. The highest BCUT2D eigenvalue weighted by Gasteiger charge is 2.01. The molecule has 13 heavy (non-hydrogen) atoms. The Balaban J connectivity index is 2.60. The molecule has 0 fully saturated rings. The van der Waals surface area contributed by atoms with Gasteiger partial charge in [0.05, 0.1) is 0 Å². The van der Waals surface area contributed by atoms with Crippen molar-refractivity contribution in [1.82, 2.24) is 19.5 Å². The van der Waals surface area contributed by atoms with Crippen LogP contribution in [-0.2, 0) is 0 Å². The standard InChI is InChI=1S/C7H7N5O/c8-5-1-4-12(7(13)11-5)6-9-2-3-10-6/h1-4H,(H,9,10)(H2,8,11,13). The molecule has 0 aromatic carbocycles. The Morgan fingerprint density at radius 2 is 2.38 bits per heavy atom. The third kappa shape index (κ3) is 1.28. The Kier molecular flexibility index (Phi) is 1.59. The van der Waals surface area contributed by atoms with Crippen LogP contribution in [-0.4, -0.2) is 19.5 Å². The molecule has 2 aromatic rings. The molecule has 0 unspecified atom stereocenters. The molecule has 2 rings (SSSR count). The first-order chi connectivity index (χ1) is 6.27. The van der Waals surface area contributed by atoms with Gasteiger partial charge in [-0.3, -0.25) is 0 Å². The third-order valence-electron chi connectivity index (χ3n) is 1.54. The van der Waals surface area contributed by atoms with Crippen molar-refractivity contribution in [3.05, 3.63) is 35.1 Å². The Morgan fingerprint density at radius 1 is 1.54 bits per heavy atom. The molecule has 0 bridgehead atoms. The third-order valence-corrected chi connectivity index (χ3v) is 1.54. The van der Waals surface area contributed by atoms with Crippen LogP contribution in [0.1, 0.15) is 0 Å². The summed E-state index contributed by atoms with van der Waals surface area (Å²) >= 11 is 0. The van der Waals surface area contributed by atoms with Gasteiger partial charge in [0.1, 0.15) is 5.82 Å². The first-order valence-corrected chi connectivity index (χ1v) is 3.62. The summed E-state index contributed by atoms with van der Waals surface area (Å²) in [5.41, 5.74) is 4.88. The Bertz CT molecular complexity index is 458. The fourth-order valence-corrected chi connectivity index (χ4v) is 0.966. The summed E-state index contributed by atoms with van der Waals surface area (Å²) in [6.07, 6.45) is 4.69. The quantitative estimate of drug-likeness (QED) is 0.616. The number of rotatable bonds is 1. The minimum Gasteiger partial charge on any atom is -0.383 e. The molecular formula is C7H7N5O. The number of nitrogens with two attached hydrogens (primary N) is 1. The lowest BCUT2D eigenvalue weighted by atomic mass is 10.6. The maximum atomic E-state index is 11.3. The number of nitrogens with one attached hydrogen (secondary N) is 1. The molecule has 66 valence electrons. The van der Waals surface area contributed by atoms with Crippen molar-refractivity contribution in [2.45, 2.75) is 0 Å². The SMILES string of the molecule is Nc1ccn(-c2ncc[nH]2)c(=O)n1. The van der Waals surface area contributed by atoms with E-state index in [4.69, 9.17) is 5.73 Å². The van der Waals surface area contributed by atoms with E-state index in [1.54, 1.807) is 12.4 Å². The Morgan fingerprint density at radius 3 is 3.00 bits per heavy atom. The van der Waals surface area contributed by atoms with E-state index < -0.39 is 5.69 Å². The molecule has 0 aliphatic carbocycles. The van der Waals surface area contributed by atoms with Crippen LogP contribution in [0.2, 0.25) is 0 Å². The van der Waals surface area contributed by atoms with Gasteiger partial charge in [0.25, 0.3) is 0 Å². The van der Waals surface area contributed by atoms with Gasteiger partial charge in [-0.05, 0) is 6.07 Å². The highest BCUT2D eigenvalue weighted by atomic mass is 16.1. The zero-order chi connectivity index (χ0) is 9.26. The number of imidazole rings is 1. The van der Waals surface area contributed by atoms with E-state index in [0.29, 0.717) is 5.95 Å². The lowest BCUT2D eigenvalue weighted by molar-refractivity contribution is 0.864. The van der Waals surface area contributed by atoms with Crippen LogP contribution in [0.4, 0.5) is 5.82 Å². The van der Waals surface area contributed by atoms with Gasteiger partial charge in [0.2, 0.25) is 5.95 Å². The van der Waals surface area contributed by atoms with Gasteiger partial charge in [-0.15, -0.1) is 0 Å². The maximum absolute atomic E-state index is 11.3. The van der Waals surface area contributed by atoms with E-state index in [1.807, 2.05) is 0 Å². The van der Waals surface area contributed by atoms with Crippen molar-refractivity contribution in [2.75, 3.05) is 5.73 Å². The smallest absolute Gasteiger partial charge is 0.356 e. The molecule has 0 saturated heterocycles. The van der Waals surface area contributed by atoms with Crippen LogP contribution in [0.3, 0.4) is 0 Å². The second kappa shape index (κ2) is 2.74. The molecule has 0 spiro atoms. The number of H-pyrrole nitrogens is 1. The molecule has 6 nitrogen and oxygen atoms in total. The summed E-state index contributed by atoms with van der Waals surface area (Å²) in [6, 6.07) is 1.53. The molecule has 0 saturated carbocycles. The van der Waals surface area contributed by atoms with Crippen LogP contribution in [0.15, 0.2) is 29.5 Å². The Hall–Kier alpha value is -2.11. The van der Waals surface area contributed by atoms with E-state index in [0.717, 1.165) is 0 Å². The van der Waals surface area contributed by atoms with E-state index >= 15 is 0 Å². The second-order valence-electron chi connectivity index (χ2n) is 2.42. The van der Waals surface area contributed by atoms with Gasteiger partial charge in [-0.2, -0.15) is 4.98 Å². The number of hydrogen-bond acceptors (Lipinski definition) is 4. The fraction of sp³-hybridized carbons (Fsp3) is 0. The number of aromatic nitrogens is 4. The molecular weight excluding hydrogens is 170 g/mol. The molecule has 3 N–H and O–H groups in total. The summed E-state index contributed by atoms with van der Waals surface area (Å²) in [7, 11) is 0. The van der Waals surface area contributed by atoms with Crippen molar-refractivity contribution in [1.29, 1.82) is 0 Å². The predicted molar refractivity (Wildman–Crippen MR) is 46.4 cm³/mol. The van der Waals surface area contributed by atoms with Crippen molar-refractivity contribution in [3.8, 4) is 5.95 Å². The maximum Gasteiger partial charge on any atom is 0.356 e. The molecule has 0 aliphatic rings. The van der Waals surface area contributed by atoms with E-state index in [9.17, 15) is 4.79 Å². The Labute approximate surface area is 73.1 Å². The van der Waals surface area contributed by atoms with Crippen LogP contribution in [0, 0.1) is 0 Å². The zero-order valence-corrected chi connectivity index (χ0v) is 6.64. The van der Waals surface area contributed by atoms with E-state index in [2.05, 4.69) is 15.0 Å². The minimum absolute atomic E-state index is 0.202. The van der Waals surface area contributed by atoms with Gasteiger partial charge in [0.15, 0.2) is 0 Å². The average Bonchev–Trinajstić information content (AvgIpc) is 2.56. The summed E-state index contributed by atoms with van der Waals surface area (Å²) in [6.45, 7) is 0. The predicted octanol–water partition coefficient (Wildman–Crippen LogP) is -0.462. The molecule has 6 heteroatoms. The van der Waals surface area contributed by atoms with Crippen molar-refractivity contribution in [2.24, 2.45) is 0 Å². The first-order valence-electron chi connectivity index (χ1n) is 3.62. The van der Waals surface area contributed by atoms with Gasteiger partial charge in [-0.1, -0.05) is 0 Å². The zero-order valence-electron chi connectivity index (χ0n) is 6.64. The monoisotopic (exact) mass is 177 g/mol. The van der Waals surface area contributed by atoms with Crippen LogP contribution >= 0.6 is 0 Å². The van der Waals surface area contributed by atoms with Crippen molar-refractivity contribution >= 4 is 5.82 Å². The fourth-order valence-electron chi connectivity index (χ4n) is 0.966. The number of anilines is 1. The molecule has 2 heterocycles. The van der Waals surface area contributed by atoms with Crippen LogP contribution < -0.4 is 11.4 Å². The highest BCUT2D eigenvalue weighted by molar-refractivity contribution is 5.25. The van der Waals surface area contributed by atoms with Crippen LogP contribution in [0.5, 0.6) is 0 Å². The second-order valence-corrected chi connectivity index (χ2v) is 2.42. The molecule has 0 aliphatic heterocycles. The first kappa shape index (κ1) is 7.53. The van der Waals surface area contributed by atoms with Gasteiger partial charge >= 0.3 is 5.69 Å². The van der Waals surface area contributed by atoms with Gasteiger partial charge in [0, 0.05) is 18.6 Å². The summed E-state index contributed by atoms with van der Waals surface area (Å²) in [5, 5.41) is 0. The minimum atomic E-state index is -0.449. The van der Waals surface area contributed by atoms with E-state index in [1.165, 1.54) is 16.8 Å². The number of nitrogen functional groups attached to an aromatic ring is 1. The van der Waals surface area contributed by atoms with Crippen molar-refractivity contribution in [3.63, 3.8) is 0 Å². The largest absolute Gasteiger partial charge is 0.383 e. The average molecular weight is 177 g/mol. The summed E-state index contributed by atoms with van der Waals surface area (Å²) in [5.74, 6) is 0.630. The molecule has 0 radical (unpaired) electrons. The van der Waals surface area contributed by atoms with E-state index in [-0.39, 0.29) is 5.82 Å². The van der Waals surface area contributed by atoms with Gasteiger partial charge < -0.3 is 10.7 Å². The summed E-state index contributed by atoms with van der Waals surface area (Å²) < 4.78 is 1.27. The number of nitrogens with zero attached hydrogens (tertiary/aromatic N) is 3. The summed E-state index contributed by atoms with van der Waals surface area (Å²) in [4.78, 5) is 21.5. The van der Waals surface area contributed by atoms with Gasteiger partial charge in [-0.25, -0.2) is 14.3 Å². The number of aromatic amines is 1.